The second kappa shape index (κ2) is 5.95. The highest BCUT2D eigenvalue weighted by molar-refractivity contribution is 7.14. The topological polar surface area (TPSA) is 19.4 Å². The number of hydrogen-bond acceptors (Lipinski definition) is 4. The SMILES string of the molecule is Cc1cccc2cc(-c3csc(N4CCN(C)CC4)n3)ccc12. The highest BCUT2D eigenvalue weighted by atomic mass is 32.1. The minimum Gasteiger partial charge on any atom is -0.346 e. The Hall–Kier alpha value is -1.91. The maximum absolute atomic E-state index is 4.88. The van der Waals surface area contributed by atoms with E-state index in [1.54, 1.807) is 11.3 Å². The third-order valence-electron chi connectivity index (χ3n) is 4.66. The first-order valence-corrected chi connectivity index (χ1v) is 8.97. The van der Waals surface area contributed by atoms with Crippen molar-refractivity contribution < 1.29 is 0 Å². The van der Waals surface area contributed by atoms with Crippen LogP contribution in [0.15, 0.2) is 41.8 Å². The van der Waals surface area contributed by atoms with E-state index >= 15 is 0 Å². The molecule has 0 radical (unpaired) electrons. The Kier molecular flexibility index (Phi) is 3.79. The molecule has 0 N–H and O–H groups in total. The van der Waals surface area contributed by atoms with Gasteiger partial charge in [-0.2, -0.15) is 0 Å². The van der Waals surface area contributed by atoms with Gasteiger partial charge < -0.3 is 9.80 Å². The lowest BCUT2D eigenvalue weighted by Gasteiger charge is -2.32. The number of fused-ring (bicyclic) bond motifs is 1. The maximum Gasteiger partial charge on any atom is 0.185 e. The van der Waals surface area contributed by atoms with Crippen molar-refractivity contribution in [1.82, 2.24) is 9.88 Å². The highest BCUT2D eigenvalue weighted by Crippen LogP contribution is 2.30. The van der Waals surface area contributed by atoms with Gasteiger partial charge in [-0.25, -0.2) is 4.98 Å². The van der Waals surface area contributed by atoms with Crippen molar-refractivity contribution in [2.45, 2.75) is 6.92 Å². The monoisotopic (exact) mass is 323 g/mol. The molecule has 2 aromatic carbocycles. The lowest BCUT2D eigenvalue weighted by molar-refractivity contribution is 0.313. The van der Waals surface area contributed by atoms with E-state index in [1.165, 1.54) is 21.9 Å². The molecule has 4 heteroatoms. The predicted molar refractivity (Wildman–Crippen MR) is 99.5 cm³/mol. The first-order chi connectivity index (χ1) is 11.2. The number of hydrogen-bond donors (Lipinski definition) is 0. The van der Waals surface area contributed by atoms with E-state index in [1.807, 2.05) is 0 Å². The van der Waals surface area contributed by atoms with Gasteiger partial charge in [-0.05, 0) is 36.4 Å². The molecule has 0 spiro atoms. The van der Waals surface area contributed by atoms with E-state index in [-0.39, 0.29) is 0 Å². The van der Waals surface area contributed by atoms with Crippen LogP contribution in [-0.2, 0) is 0 Å². The molecule has 1 aromatic heterocycles. The molecular weight excluding hydrogens is 302 g/mol. The molecule has 1 aliphatic rings. The van der Waals surface area contributed by atoms with E-state index in [0.29, 0.717) is 0 Å². The molecule has 0 unspecified atom stereocenters. The van der Waals surface area contributed by atoms with Gasteiger partial charge in [-0.1, -0.05) is 30.3 Å². The van der Waals surface area contributed by atoms with E-state index in [4.69, 9.17) is 4.98 Å². The smallest absolute Gasteiger partial charge is 0.185 e. The highest BCUT2D eigenvalue weighted by Gasteiger charge is 2.17. The molecule has 0 bridgehead atoms. The number of rotatable bonds is 2. The Labute approximate surface area is 141 Å². The summed E-state index contributed by atoms with van der Waals surface area (Å²) in [5, 5.41) is 5.95. The van der Waals surface area contributed by atoms with Gasteiger partial charge in [-0.15, -0.1) is 11.3 Å². The van der Waals surface area contributed by atoms with Crippen LogP contribution in [0.3, 0.4) is 0 Å². The molecule has 1 fully saturated rings. The number of aryl methyl sites for hydroxylation is 1. The number of aromatic nitrogens is 1. The number of anilines is 1. The lowest BCUT2D eigenvalue weighted by atomic mass is 10.0. The molecule has 3 aromatic rings. The quantitative estimate of drug-likeness (QED) is 0.710. The Bertz CT molecular complexity index is 832. The first kappa shape index (κ1) is 14.7. The number of thiazole rings is 1. The predicted octanol–water partition coefficient (Wildman–Crippen LogP) is 4.02. The largest absolute Gasteiger partial charge is 0.346 e. The molecule has 3 nitrogen and oxygen atoms in total. The first-order valence-electron chi connectivity index (χ1n) is 8.09. The van der Waals surface area contributed by atoms with Crippen LogP contribution in [-0.4, -0.2) is 43.1 Å². The zero-order valence-electron chi connectivity index (χ0n) is 13.6. The summed E-state index contributed by atoms with van der Waals surface area (Å²) in [6, 6.07) is 13.1. The average Bonchev–Trinajstić information content (AvgIpc) is 3.05. The zero-order chi connectivity index (χ0) is 15.8. The molecule has 0 atom stereocenters. The van der Waals surface area contributed by atoms with Crippen molar-refractivity contribution in [1.29, 1.82) is 0 Å². The summed E-state index contributed by atoms with van der Waals surface area (Å²) < 4.78 is 0. The van der Waals surface area contributed by atoms with Gasteiger partial charge in [-0.3, -0.25) is 0 Å². The minimum atomic E-state index is 1.07. The molecule has 0 saturated carbocycles. The number of nitrogens with zero attached hydrogens (tertiary/aromatic N) is 3. The van der Waals surface area contributed by atoms with Gasteiger partial charge in [0.2, 0.25) is 0 Å². The van der Waals surface area contributed by atoms with Gasteiger partial charge >= 0.3 is 0 Å². The fraction of sp³-hybridized carbons (Fsp3) is 0.316. The summed E-state index contributed by atoms with van der Waals surface area (Å²) >= 11 is 1.76. The number of likely N-dealkylation sites (N-methyl/N-ethyl adjacent to an activating group) is 1. The average molecular weight is 323 g/mol. The third-order valence-corrected chi connectivity index (χ3v) is 5.56. The van der Waals surface area contributed by atoms with Crippen LogP contribution in [0.4, 0.5) is 5.13 Å². The van der Waals surface area contributed by atoms with Gasteiger partial charge in [0.25, 0.3) is 0 Å². The van der Waals surface area contributed by atoms with Gasteiger partial charge in [0.05, 0.1) is 5.69 Å². The van der Waals surface area contributed by atoms with Crippen molar-refractivity contribution in [2.24, 2.45) is 0 Å². The molecule has 1 aliphatic heterocycles. The van der Waals surface area contributed by atoms with Crippen LogP contribution < -0.4 is 4.90 Å². The maximum atomic E-state index is 4.88. The molecule has 1 saturated heterocycles. The Balaban J connectivity index is 1.64. The fourth-order valence-corrected chi connectivity index (χ4v) is 4.03. The van der Waals surface area contributed by atoms with Crippen LogP contribution in [0.1, 0.15) is 5.56 Å². The standard InChI is InChI=1S/C19H21N3S/c1-14-4-3-5-15-12-16(6-7-17(14)15)18-13-23-19(20-18)22-10-8-21(2)9-11-22/h3-7,12-13H,8-11H2,1-2H3. The van der Waals surface area contributed by atoms with E-state index in [0.717, 1.165) is 37.0 Å². The molecular formula is C19H21N3S. The van der Waals surface area contributed by atoms with E-state index in [9.17, 15) is 0 Å². The summed E-state index contributed by atoms with van der Waals surface area (Å²) in [6.07, 6.45) is 0. The second-order valence-corrected chi connectivity index (χ2v) is 7.15. The summed E-state index contributed by atoms with van der Waals surface area (Å²) in [5.41, 5.74) is 3.62. The molecule has 0 aliphatic carbocycles. The molecule has 4 rings (SSSR count). The Morgan fingerprint density at radius 3 is 2.70 bits per heavy atom. The van der Waals surface area contributed by atoms with E-state index in [2.05, 4.69) is 65.5 Å². The van der Waals surface area contributed by atoms with Crippen molar-refractivity contribution in [3.63, 3.8) is 0 Å². The molecule has 2 heterocycles. The summed E-state index contributed by atoms with van der Waals surface area (Å²) in [7, 11) is 2.18. The van der Waals surface area contributed by atoms with Crippen molar-refractivity contribution >= 4 is 27.2 Å². The second-order valence-electron chi connectivity index (χ2n) is 6.32. The Morgan fingerprint density at radius 1 is 1.04 bits per heavy atom. The Morgan fingerprint density at radius 2 is 1.87 bits per heavy atom. The van der Waals surface area contributed by atoms with Crippen LogP contribution in [0.2, 0.25) is 0 Å². The van der Waals surface area contributed by atoms with Gasteiger partial charge in [0.1, 0.15) is 0 Å². The van der Waals surface area contributed by atoms with Crippen LogP contribution >= 0.6 is 11.3 Å². The van der Waals surface area contributed by atoms with E-state index < -0.39 is 0 Å². The fourth-order valence-electron chi connectivity index (χ4n) is 3.14. The minimum absolute atomic E-state index is 1.07. The van der Waals surface area contributed by atoms with Crippen LogP contribution in [0, 0.1) is 6.92 Å². The van der Waals surface area contributed by atoms with Crippen molar-refractivity contribution in [3.8, 4) is 11.3 Å². The molecule has 118 valence electrons. The van der Waals surface area contributed by atoms with Gasteiger partial charge in [0.15, 0.2) is 5.13 Å². The lowest BCUT2D eigenvalue weighted by Crippen LogP contribution is -2.44. The van der Waals surface area contributed by atoms with Crippen molar-refractivity contribution in [3.05, 3.63) is 47.3 Å². The number of piperazine rings is 1. The van der Waals surface area contributed by atoms with Gasteiger partial charge in [0, 0.05) is 37.1 Å². The zero-order valence-corrected chi connectivity index (χ0v) is 14.4. The summed E-state index contributed by atoms with van der Waals surface area (Å²) in [5.74, 6) is 0. The summed E-state index contributed by atoms with van der Waals surface area (Å²) in [6.45, 7) is 6.53. The van der Waals surface area contributed by atoms with Crippen LogP contribution in [0.5, 0.6) is 0 Å². The van der Waals surface area contributed by atoms with Crippen molar-refractivity contribution in [2.75, 3.05) is 38.1 Å². The number of benzene rings is 2. The molecule has 0 amide bonds. The third kappa shape index (κ3) is 2.84. The van der Waals surface area contributed by atoms with Crippen LogP contribution in [0.25, 0.3) is 22.0 Å². The summed E-state index contributed by atoms with van der Waals surface area (Å²) in [4.78, 5) is 9.66. The normalized spacial score (nSPS) is 16.2. The molecule has 23 heavy (non-hydrogen) atoms.